The second-order valence-corrected chi connectivity index (χ2v) is 4.02. The van der Waals surface area contributed by atoms with Crippen LogP contribution in [0.1, 0.15) is 12.6 Å². The molecule has 0 saturated heterocycles. The molecule has 1 amide bonds. The van der Waals surface area contributed by atoms with E-state index in [0.717, 1.165) is 0 Å². The number of halogens is 1. The Balaban J connectivity index is 2.87. The van der Waals surface area contributed by atoms with E-state index in [2.05, 4.69) is 10.3 Å². The van der Waals surface area contributed by atoms with Gasteiger partial charge in [0.05, 0.1) is 17.9 Å². The topological polar surface area (TPSA) is 68.3 Å². The van der Waals surface area contributed by atoms with Crippen LogP contribution in [0.2, 0.25) is 0 Å². The molecule has 0 spiro atoms. The zero-order chi connectivity index (χ0) is 12.0. The van der Waals surface area contributed by atoms with Gasteiger partial charge in [-0.15, -0.1) is 11.3 Å². The summed E-state index contributed by atoms with van der Waals surface area (Å²) in [4.78, 5) is 25.8. The van der Waals surface area contributed by atoms with Crippen molar-refractivity contribution in [2.45, 2.75) is 6.92 Å². The van der Waals surface area contributed by atoms with Crippen LogP contribution in [0.15, 0.2) is 9.46 Å². The van der Waals surface area contributed by atoms with Gasteiger partial charge in [-0.25, -0.2) is 9.78 Å². The van der Waals surface area contributed by atoms with Gasteiger partial charge in [0.25, 0.3) is 0 Å². The normalized spacial score (nSPS) is 11.0. The number of amides is 1. The van der Waals surface area contributed by atoms with E-state index in [1.165, 1.54) is 11.3 Å². The zero-order valence-electron chi connectivity index (χ0n) is 8.40. The zero-order valence-corrected chi connectivity index (χ0v) is 11.4. The SMILES string of the molecule is CCOC(=O)/C(=C/I)c1csc(NC=O)n1. The fraction of sp³-hybridized carbons (Fsp3) is 0.222. The minimum absolute atomic E-state index is 0.316. The largest absolute Gasteiger partial charge is 0.462 e. The quantitative estimate of drug-likeness (QED) is 0.381. The van der Waals surface area contributed by atoms with Gasteiger partial charge in [0.2, 0.25) is 6.41 Å². The van der Waals surface area contributed by atoms with Crippen LogP contribution >= 0.6 is 33.9 Å². The van der Waals surface area contributed by atoms with Crippen LogP contribution in [0.4, 0.5) is 5.13 Å². The van der Waals surface area contributed by atoms with Crippen LogP contribution in [0.3, 0.4) is 0 Å². The lowest BCUT2D eigenvalue weighted by atomic mass is 10.2. The summed E-state index contributed by atoms with van der Waals surface area (Å²) in [6.45, 7) is 2.06. The average Bonchev–Trinajstić information content (AvgIpc) is 2.68. The third kappa shape index (κ3) is 3.27. The van der Waals surface area contributed by atoms with Crippen molar-refractivity contribution in [1.82, 2.24) is 4.98 Å². The molecule has 16 heavy (non-hydrogen) atoms. The lowest BCUT2D eigenvalue weighted by Crippen LogP contribution is -2.06. The number of nitrogens with one attached hydrogen (secondary N) is 1. The lowest BCUT2D eigenvalue weighted by molar-refractivity contribution is -0.136. The van der Waals surface area contributed by atoms with Gasteiger partial charge >= 0.3 is 5.97 Å². The predicted molar refractivity (Wildman–Crippen MR) is 70.4 cm³/mol. The Hall–Kier alpha value is -0.960. The molecular formula is C9H9IN2O3S. The third-order valence-corrected chi connectivity index (χ3v) is 2.96. The first-order chi connectivity index (χ1) is 7.72. The number of carbonyl (C=O) groups excluding carboxylic acids is 2. The maximum absolute atomic E-state index is 11.5. The van der Waals surface area contributed by atoms with Gasteiger partial charge in [0.1, 0.15) is 0 Å². The standard InChI is InChI=1S/C9H9IN2O3S/c1-2-15-8(14)6(3-10)7-4-16-9(12-7)11-5-13/h3-5H,2H2,1H3,(H,11,12,13)/b6-3+. The van der Waals surface area contributed by atoms with Crippen molar-refractivity contribution in [2.24, 2.45) is 0 Å². The molecule has 0 fully saturated rings. The van der Waals surface area contributed by atoms with E-state index >= 15 is 0 Å². The summed E-state index contributed by atoms with van der Waals surface area (Å²) in [6.07, 6.45) is 0.542. The summed E-state index contributed by atoms with van der Waals surface area (Å²) >= 11 is 3.20. The number of ether oxygens (including phenoxy) is 1. The molecule has 0 aliphatic heterocycles. The molecule has 0 atom stereocenters. The van der Waals surface area contributed by atoms with Gasteiger partial charge in [-0.05, 0) is 11.0 Å². The molecule has 0 radical (unpaired) electrons. The minimum Gasteiger partial charge on any atom is -0.462 e. The van der Waals surface area contributed by atoms with Crippen LogP contribution < -0.4 is 5.32 Å². The molecule has 7 heteroatoms. The van der Waals surface area contributed by atoms with E-state index in [0.29, 0.717) is 29.4 Å². The summed E-state index contributed by atoms with van der Waals surface area (Å²) in [6, 6.07) is 0. The number of thiazole rings is 1. The van der Waals surface area contributed by atoms with Crippen LogP contribution in [-0.2, 0) is 14.3 Å². The molecule has 0 aromatic carbocycles. The van der Waals surface area contributed by atoms with Crippen molar-refractivity contribution in [3.63, 3.8) is 0 Å². The van der Waals surface area contributed by atoms with Crippen molar-refractivity contribution in [3.05, 3.63) is 15.2 Å². The molecule has 0 unspecified atom stereocenters. The molecule has 1 N–H and O–H groups in total. The van der Waals surface area contributed by atoms with Crippen molar-refractivity contribution >= 4 is 57.0 Å². The molecule has 0 bridgehead atoms. The summed E-state index contributed by atoms with van der Waals surface area (Å²) in [5, 5.41) is 4.56. The first-order valence-electron chi connectivity index (χ1n) is 4.36. The van der Waals surface area contributed by atoms with E-state index < -0.39 is 5.97 Å². The van der Waals surface area contributed by atoms with Gasteiger partial charge in [0.15, 0.2) is 5.13 Å². The van der Waals surface area contributed by atoms with Crippen molar-refractivity contribution in [2.75, 3.05) is 11.9 Å². The predicted octanol–water partition coefficient (Wildman–Crippen LogP) is 2.05. The van der Waals surface area contributed by atoms with E-state index in [-0.39, 0.29) is 0 Å². The van der Waals surface area contributed by atoms with Crippen molar-refractivity contribution in [3.8, 4) is 0 Å². The number of carbonyl (C=O) groups is 2. The van der Waals surface area contributed by atoms with E-state index in [1.54, 1.807) is 16.4 Å². The van der Waals surface area contributed by atoms with Crippen LogP contribution in [-0.4, -0.2) is 24.0 Å². The van der Waals surface area contributed by atoms with E-state index in [1.807, 2.05) is 22.6 Å². The van der Waals surface area contributed by atoms with E-state index in [9.17, 15) is 9.59 Å². The Morgan fingerprint density at radius 2 is 2.50 bits per heavy atom. The maximum Gasteiger partial charge on any atom is 0.340 e. The van der Waals surface area contributed by atoms with Gasteiger partial charge < -0.3 is 10.1 Å². The summed E-state index contributed by atoms with van der Waals surface area (Å²) in [5.41, 5.74) is 0.889. The Labute approximate surface area is 110 Å². The highest BCUT2D eigenvalue weighted by Crippen LogP contribution is 2.23. The van der Waals surface area contributed by atoms with Gasteiger partial charge in [0, 0.05) is 5.38 Å². The number of anilines is 1. The number of nitrogens with zero attached hydrogens (tertiary/aromatic N) is 1. The number of esters is 1. The Morgan fingerprint density at radius 3 is 3.06 bits per heavy atom. The summed E-state index contributed by atoms with van der Waals surface area (Å²) < 4.78 is 6.49. The minimum atomic E-state index is -0.417. The molecule has 0 saturated carbocycles. The molecule has 0 aliphatic rings. The third-order valence-electron chi connectivity index (χ3n) is 1.57. The number of hydrogen-bond donors (Lipinski definition) is 1. The highest BCUT2D eigenvalue weighted by molar-refractivity contribution is 14.1. The first kappa shape index (κ1) is 13.1. The number of rotatable bonds is 5. The van der Waals surface area contributed by atoms with Crippen molar-refractivity contribution in [1.29, 1.82) is 0 Å². The van der Waals surface area contributed by atoms with Crippen LogP contribution in [0.25, 0.3) is 5.57 Å². The molecule has 1 rings (SSSR count). The monoisotopic (exact) mass is 352 g/mol. The number of aromatic nitrogens is 1. The van der Waals surface area contributed by atoms with Gasteiger partial charge in [-0.2, -0.15) is 0 Å². The molecule has 86 valence electrons. The molecule has 1 aromatic heterocycles. The highest BCUT2D eigenvalue weighted by atomic mass is 127. The summed E-state index contributed by atoms with van der Waals surface area (Å²) in [7, 11) is 0. The Morgan fingerprint density at radius 1 is 1.75 bits per heavy atom. The van der Waals surface area contributed by atoms with E-state index in [4.69, 9.17) is 4.74 Å². The molecule has 1 heterocycles. The van der Waals surface area contributed by atoms with Crippen LogP contribution in [0, 0.1) is 0 Å². The Bertz CT molecular complexity index is 417. The average molecular weight is 352 g/mol. The highest BCUT2D eigenvalue weighted by Gasteiger charge is 2.15. The Kier molecular flexibility index (Phi) is 5.39. The first-order valence-corrected chi connectivity index (χ1v) is 6.49. The van der Waals surface area contributed by atoms with Gasteiger partial charge in [-0.3, -0.25) is 4.79 Å². The molecule has 5 nitrogen and oxygen atoms in total. The van der Waals surface area contributed by atoms with Gasteiger partial charge in [-0.1, -0.05) is 22.6 Å². The summed E-state index contributed by atoms with van der Waals surface area (Å²) in [5.74, 6) is -0.417. The molecular weight excluding hydrogens is 343 g/mol. The van der Waals surface area contributed by atoms with Crippen LogP contribution in [0.5, 0.6) is 0 Å². The smallest absolute Gasteiger partial charge is 0.340 e. The molecule has 0 aliphatic carbocycles. The number of hydrogen-bond acceptors (Lipinski definition) is 5. The second-order valence-electron chi connectivity index (χ2n) is 2.54. The lowest BCUT2D eigenvalue weighted by Gasteiger charge is -2.02. The fourth-order valence-corrected chi connectivity index (χ4v) is 2.17. The maximum atomic E-state index is 11.5. The van der Waals surface area contributed by atoms with Crippen molar-refractivity contribution < 1.29 is 14.3 Å². The molecule has 1 aromatic rings. The second kappa shape index (κ2) is 6.59. The fourth-order valence-electron chi connectivity index (χ4n) is 0.928.